The van der Waals surface area contributed by atoms with Crippen molar-refractivity contribution in [3.05, 3.63) is 219 Å². The second kappa shape index (κ2) is 16.2. The van der Waals surface area contributed by atoms with Gasteiger partial charge in [-0.15, -0.1) is 0 Å². The summed E-state index contributed by atoms with van der Waals surface area (Å²) < 4.78 is 0. The number of pyridine rings is 6. The molecular formula is C60H36BN6. The van der Waals surface area contributed by atoms with Crippen LogP contribution in [-0.4, -0.2) is 38.3 Å². The Morgan fingerprint density at radius 1 is 0.239 bits per heavy atom. The van der Waals surface area contributed by atoms with Crippen molar-refractivity contribution in [1.82, 2.24) is 29.9 Å². The molecule has 0 saturated heterocycles. The number of rotatable bonds is 6. The molecule has 6 nitrogen and oxygen atoms in total. The molecule has 7 aromatic carbocycles. The molecule has 6 aromatic heterocycles. The molecule has 0 unspecified atom stereocenters. The van der Waals surface area contributed by atoms with E-state index in [0.29, 0.717) is 0 Å². The van der Waals surface area contributed by atoms with Gasteiger partial charge < -0.3 is 0 Å². The van der Waals surface area contributed by atoms with E-state index in [4.69, 9.17) is 29.9 Å². The van der Waals surface area contributed by atoms with Gasteiger partial charge in [-0.2, -0.15) is 0 Å². The lowest BCUT2D eigenvalue weighted by molar-refractivity contribution is 1.38. The molecule has 0 N–H and O–H groups in total. The highest BCUT2D eigenvalue weighted by atomic mass is 14.7. The summed E-state index contributed by atoms with van der Waals surface area (Å²) >= 11 is 0. The molecule has 0 fully saturated rings. The van der Waals surface area contributed by atoms with E-state index in [0.717, 1.165) is 132 Å². The van der Waals surface area contributed by atoms with Gasteiger partial charge in [-0.3, -0.25) is 29.9 Å². The topological polar surface area (TPSA) is 77.3 Å². The van der Waals surface area contributed by atoms with E-state index in [1.165, 1.54) is 0 Å². The van der Waals surface area contributed by atoms with Crippen LogP contribution >= 0.6 is 0 Å². The van der Waals surface area contributed by atoms with E-state index in [1.54, 1.807) is 0 Å². The van der Waals surface area contributed by atoms with Crippen LogP contribution < -0.4 is 0 Å². The smallest absolute Gasteiger partial charge is 0.0811 e. The van der Waals surface area contributed by atoms with E-state index < -0.39 is 0 Å². The van der Waals surface area contributed by atoms with Crippen LogP contribution in [0, 0.1) is 0 Å². The monoisotopic (exact) mass is 851 g/mol. The molecule has 6 heterocycles. The maximum absolute atomic E-state index is 4.89. The SMILES string of the molecule is [B].c1ccc(-c2ccc3c(c2)ncc2cccnc23)c(-c2cc(-c3ccccc3-c3ccc4c(c3)ncc3cccnc34)cc(-c3ccccc3-c3ccc4c(c3)ncc3cccnc34)c2)c1. The Bertz CT molecular complexity index is 3660. The van der Waals surface area contributed by atoms with Crippen molar-refractivity contribution >= 4 is 73.8 Å². The first-order valence-electron chi connectivity index (χ1n) is 22.1. The van der Waals surface area contributed by atoms with Crippen molar-refractivity contribution < 1.29 is 0 Å². The Hall–Kier alpha value is -8.94. The van der Waals surface area contributed by atoms with Crippen molar-refractivity contribution in [2.75, 3.05) is 0 Å². The molecule has 0 aliphatic heterocycles. The summed E-state index contributed by atoms with van der Waals surface area (Å²) in [7, 11) is 0. The van der Waals surface area contributed by atoms with Crippen molar-refractivity contribution in [1.29, 1.82) is 0 Å². The third kappa shape index (κ3) is 6.84. The standard InChI is InChI=1S/C60H36N6.B/c1-4-16-49(46(13-1)37-19-22-52-55(31-37)64-34-40-10-7-25-61-58(40)52)43-28-44(50-17-5-2-14-47(50)38-20-23-53-56(32-38)65-35-41-11-8-26-62-59(41)53)30-45(29-43)51-18-6-3-15-48(51)39-21-24-54-57(33-39)66-36-42-12-9-27-63-60(42)54;/h1-36H;. The van der Waals surface area contributed by atoms with Crippen LogP contribution in [0.15, 0.2) is 219 Å². The first kappa shape index (κ1) is 39.6. The molecule has 309 valence electrons. The molecule has 13 aromatic rings. The Labute approximate surface area is 388 Å². The second-order valence-electron chi connectivity index (χ2n) is 16.7. The quantitative estimate of drug-likeness (QED) is 0.122. The summed E-state index contributed by atoms with van der Waals surface area (Å²) in [5.74, 6) is 0. The number of aromatic nitrogens is 6. The lowest BCUT2D eigenvalue weighted by Gasteiger charge is -2.18. The largest absolute Gasteiger partial charge is 0.255 e. The molecule has 0 amide bonds. The van der Waals surface area contributed by atoms with Gasteiger partial charge in [0.05, 0.1) is 33.1 Å². The first-order valence-corrected chi connectivity index (χ1v) is 22.1. The second-order valence-corrected chi connectivity index (χ2v) is 16.7. The highest BCUT2D eigenvalue weighted by Crippen LogP contribution is 2.43. The van der Waals surface area contributed by atoms with E-state index in [-0.39, 0.29) is 8.41 Å². The minimum atomic E-state index is 0. The maximum Gasteiger partial charge on any atom is 0.0811 e. The third-order valence-electron chi connectivity index (χ3n) is 12.9. The summed E-state index contributed by atoms with van der Waals surface area (Å²) in [4.78, 5) is 28.8. The molecule has 0 atom stereocenters. The van der Waals surface area contributed by atoms with Gasteiger partial charge in [0.2, 0.25) is 0 Å². The predicted octanol–water partition coefficient (Wildman–Crippen LogP) is 14.6. The van der Waals surface area contributed by atoms with Crippen LogP contribution in [0.3, 0.4) is 0 Å². The van der Waals surface area contributed by atoms with Crippen LogP contribution in [0.2, 0.25) is 0 Å². The lowest BCUT2D eigenvalue weighted by Crippen LogP contribution is -1.93. The van der Waals surface area contributed by atoms with E-state index >= 15 is 0 Å². The number of benzene rings is 7. The van der Waals surface area contributed by atoms with E-state index in [1.807, 2.05) is 55.4 Å². The van der Waals surface area contributed by atoms with Gasteiger partial charge in [0, 0.05) is 77.9 Å². The molecule has 0 saturated carbocycles. The van der Waals surface area contributed by atoms with Gasteiger partial charge in [-0.1, -0.05) is 91.0 Å². The van der Waals surface area contributed by atoms with Crippen LogP contribution in [-0.2, 0) is 0 Å². The van der Waals surface area contributed by atoms with Gasteiger partial charge in [-0.25, -0.2) is 0 Å². The molecule has 0 aliphatic rings. The van der Waals surface area contributed by atoms with Gasteiger partial charge >= 0.3 is 0 Å². The van der Waals surface area contributed by atoms with Crippen LogP contribution in [0.25, 0.3) is 132 Å². The molecular weight excluding hydrogens is 816 g/mol. The Morgan fingerprint density at radius 2 is 0.522 bits per heavy atom. The van der Waals surface area contributed by atoms with Crippen LogP contribution in [0.5, 0.6) is 0 Å². The fraction of sp³-hybridized carbons (Fsp3) is 0. The normalized spacial score (nSPS) is 11.5. The predicted molar refractivity (Wildman–Crippen MR) is 277 cm³/mol. The van der Waals surface area contributed by atoms with Crippen molar-refractivity contribution in [2.45, 2.75) is 0 Å². The average Bonchev–Trinajstić information content (AvgIpc) is 3.40. The van der Waals surface area contributed by atoms with Gasteiger partial charge in [-0.05, 0) is 158 Å². The average molecular weight is 852 g/mol. The van der Waals surface area contributed by atoms with Gasteiger partial charge in [0.25, 0.3) is 0 Å². The maximum atomic E-state index is 4.89. The molecule has 67 heavy (non-hydrogen) atoms. The molecule has 0 spiro atoms. The molecule has 0 bridgehead atoms. The summed E-state index contributed by atoms with van der Waals surface area (Å²) in [6.07, 6.45) is 11.3. The summed E-state index contributed by atoms with van der Waals surface area (Å²) in [6, 6.07) is 64.8. The van der Waals surface area contributed by atoms with E-state index in [9.17, 15) is 0 Å². The number of fused-ring (bicyclic) bond motifs is 9. The summed E-state index contributed by atoms with van der Waals surface area (Å²) in [5, 5.41) is 6.19. The lowest BCUT2D eigenvalue weighted by atomic mass is 9.86. The van der Waals surface area contributed by atoms with Crippen molar-refractivity contribution in [3.63, 3.8) is 0 Å². The van der Waals surface area contributed by atoms with Crippen LogP contribution in [0.4, 0.5) is 0 Å². The Morgan fingerprint density at radius 3 is 0.821 bits per heavy atom. The molecule has 7 heteroatoms. The molecule has 3 radical (unpaired) electrons. The minimum Gasteiger partial charge on any atom is -0.255 e. The number of hydrogen-bond donors (Lipinski definition) is 0. The van der Waals surface area contributed by atoms with Gasteiger partial charge in [0.1, 0.15) is 0 Å². The number of hydrogen-bond acceptors (Lipinski definition) is 6. The minimum absolute atomic E-state index is 0. The highest BCUT2D eigenvalue weighted by molar-refractivity contribution is 6.07. The zero-order valence-electron chi connectivity index (χ0n) is 36.0. The Kier molecular flexibility index (Phi) is 9.61. The number of nitrogens with zero attached hydrogens (tertiary/aromatic N) is 6. The van der Waals surface area contributed by atoms with Crippen molar-refractivity contribution in [3.8, 4) is 66.8 Å². The highest BCUT2D eigenvalue weighted by Gasteiger charge is 2.18. The fourth-order valence-electron chi connectivity index (χ4n) is 9.73. The summed E-state index contributed by atoms with van der Waals surface area (Å²) in [5.41, 5.74) is 18.9. The third-order valence-corrected chi connectivity index (χ3v) is 12.9. The fourth-order valence-corrected chi connectivity index (χ4v) is 9.73. The van der Waals surface area contributed by atoms with Gasteiger partial charge in [0.15, 0.2) is 0 Å². The van der Waals surface area contributed by atoms with Crippen molar-refractivity contribution in [2.24, 2.45) is 0 Å². The van der Waals surface area contributed by atoms with Crippen LogP contribution in [0.1, 0.15) is 0 Å². The first-order chi connectivity index (χ1) is 32.7. The summed E-state index contributed by atoms with van der Waals surface area (Å²) in [6.45, 7) is 0. The molecule has 0 aliphatic carbocycles. The zero-order chi connectivity index (χ0) is 43.6. The molecule has 13 rings (SSSR count). The van der Waals surface area contributed by atoms with E-state index in [2.05, 4.69) is 164 Å². The zero-order valence-corrected chi connectivity index (χ0v) is 36.0. The Balaban J connectivity index is 0.00000468.